The summed E-state index contributed by atoms with van der Waals surface area (Å²) in [7, 11) is 9.63. The standard InChI is InChI=1S/C12H17.2ClH.Pd/c1-2-4-6-8-10-12-11-9-7-5-3-1;;;/h1-2,7-9H,3-6,11-12H2;2*1H;/q-1;;;+2/p-2. The molecule has 0 amide bonds. The first-order valence-corrected chi connectivity index (χ1v) is 9.09. The molecule has 0 N–H and O–H groups in total. The first kappa shape index (κ1) is 15.5. The molecule has 1 rings (SSSR count). The molecule has 0 aromatic heterocycles. The van der Waals surface area contributed by atoms with Gasteiger partial charge in [-0.05, 0) is 19.3 Å². The van der Waals surface area contributed by atoms with Crippen molar-refractivity contribution in [2.24, 2.45) is 0 Å². The first-order valence-electron chi connectivity index (χ1n) is 5.09. The van der Waals surface area contributed by atoms with Crippen LogP contribution in [0.15, 0.2) is 30.4 Å². The maximum absolute atomic E-state index is 4.81. The number of hydrogen-bond donors (Lipinski definition) is 0. The Hall–Kier alpha value is 0.462. The van der Waals surface area contributed by atoms with Gasteiger partial charge in [-0.15, -0.1) is 0 Å². The fraction of sp³-hybridized carbons (Fsp3) is 0.500. The van der Waals surface area contributed by atoms with Crippen LogP contribution in [0.5, 0.6) is 0 Å². The molecular formula is C12H17Cl2Pd-. The van der Waals surface area contributed by atoms with E-state index < -0.39 is 0 Å². The molecule has 0 atom stereocenters. The van der Waals surface area contributed by atoms with E-state index in [4.69, 9.17) is 19.1 Å². The van der Waals surface area contributed by atoms with Gasteiger partial charge in [-0.2, -0.15) is 6.42 Å². The quantitative estimate of drug-likeness (QED) is 0.324. The Morgan fingerprint density at radius 2 is 1.27 bits per heavy atom. The Kier molecular flexibility index (Phi) is 14.9. The van der Waals surface area contributed by atoms with E-state index in [2.05, 4.69) is 36.5 Å². The van der Waals surface area contributed by atoms with Crippen molar-refractivity contribution >= 4 is 19.1 Å². The van der Waals surface area contributed by atoms with Gasteiger partial charge in [0.25, 0.3) is 0 Å². The number of rotatable bonds is 0. The summed E-state index contributed by atoms with van der Waals surface area (Å²) in [6, 6.07) is 0. The second kappa shape index (κ2) is 14.5. The van der Waals surface area contributed by atoms with Gasteiger partial charge in [0.05, 0.1) is 0 Å². The summed E-state index contributed by atoms with van der Waals surface area (Å²) < 4.78 is 0. The number of hydrogen-bond acceptors (Lipinski definition) is 0. The normalized spacial score (nSPS) is 17.5. The molecule has 0 unspecified atom stereocenters. The Morgan fingerprint density at radius 1 is 0.800 bits per heavy atom. The molecule has 0 aliphatic heterocycles. The van der Waals surface area contributed by atoms with Crippen molar-refractivity contribution in [2.45, 2.75) is 38.5 Å². The van der Waals surface area contributed by atoms with Gasteiger partial charge >= 0.3 is 35.0 Å². The van der Waals surface area contributed by atoms with Crippen LogP contribution in [0.1, 0.15) is 38.5 Å². The predicted octanol–water partition coefficient (Wildman–Crippen LogP) is 5.19. The summed E-state index contributed by atoms with van der Waals surface area (Å²) in [6.07, 6.45) is 21.5. The SMILES string of the molecule is [C-]1=CCCC=CCCC=CCC1.[Cl][Pd][Cl]. The number of allylic oxidation sites excluding steroid dienone is 6. The molecule has 15 heavy (non-hydrogen) atoms. The molecule has 0 saturated carbocycles. The summed E-state index contributed by atoms with van der Waals surface area (Å²) in [5, 5.41) is 0. The fourth-order valence-electron chi connectivity index (χ4n) is 1.21. The fourth-order valence-corrected chi connectivity index (χ4v) is 1.21. The van der Waals surface area contributed by atoms with Crippen LogP contribution in [0.25, 0.3) is 0 Å². The van der Waals surface area contributed by atoms with E-state index in [-0.39, 0.29) is 15.9 Å². The van der Waals surface area contributed by atoms with E-state index in [0.29, 0.717) is 0 Å². The molecule has 0 nitrogen and oxygen atoms in total. The third kappa shape index (κ3) is 14.5. The molecule has 0 heterocycles. The van der Waals surface area contributed by atoms with Crippen molar-refractivity contribution in [3.63, 3.8) is 0 Å². The van der Waals surface area contributed by atoms with Crippen molar-refractivity contribution in [2.75, 3.05) is 0 Å². The minimum atomic E-state index is -0.106. The van der Waals surface area contributed by atoms with Crippen LogP contribution in [0.4, 0.5) is 0 Å². The van der Waals surface area contributed by atoms with Crippen LogP contribution < -0.4 is 0 Å². The van der Waals surface area contributed by atoms with Crippen LogP contribution in [0.3, 0.4) is 0 Å². The molecule has 0 aromatic carbocycles. The van der Waals surface area contributed by atoms with Crippen molar-refractivity contribution in [1.29, 1.82) is 0 Å². The van der Waals surface area contributed by atoms with E-state index in [0.717, 1.165) is 19.3 Å². The topological polar surface area (TPSA) is 0 Å². The van der Waals surface area contributed by atoms with Gasteiger partial charge in [0.15, 0.2) is 0 Å². The van der Waals surface area contributed by atoms with Crippen molar-refractivity contribution in [3.8, 4) is 0 Å². The third-order valence-electron chi connectivity index (χ3n) is 1.91. The predicted molar refractivity (Wildman–Crippen MR) is 65.5 cm³/mol. The van der Waals surface area contributed by atoms with Crippen LogP contribution in [-0.4, -0.2) is 0 Å². The molecule has 0 bridgehead atoms. The van der Waals surface area contributed by atoms with Gasteiger partial charge in [-0.25, -0.2) is 0 Å². The molecule has 90 valence electrons. The third-order valence-corrected chi connectivity index (χ3v) is 1.91. The minimum absolute atomic E-state index is 0.106. The Morgan fingerprint density at radius 3 is 1.87 bits per heavy atom. The first-order chi connectivity index (χ1) is 7.41. The zero-order chi connectivity index (χ0) is 11.2. The molecule has 0 radical (unpaired) electrons. The van der Waals surface area contributed by atoms with E-state index in [1.54, 1.807) is 0 Å². The Labute approximate surface area is 110 Å². The molecule has 3 heteroatoms. The molecule has 1 aliphatic rings. The maximum atomic E-state index is 4.81. The van der Waals surface area contributed by atoms with Gasteiger partial charge in [0.2, 0.25) is 0 Å². The monoisotopic (exact) mass is 337 g/mol. The van der Waals surface area contributed by atoms with Crippen LogP contribution in [0.2, 0.25) is 0 Å². The zero-order valence-corrected chi connectivity index (χ0v) is 11.8. The van der Waals surface area contributed by atoms with Crippen molar-refractivity contribution in [1.82, 2.24) is 0 Å². The summed E-state index contributed by atoms with van der Waals surface area (Å²) in [6.45, 7) is 0. The van der Waals surface area contributed by atoms with Gasteiger partial charge in [-0.3, -0.25) is 6.08 Å². The zero-order valence-electron chi connectivity index (χ0n) is 8.70. The average molecular weight is 339 g/mol. The van der Waals surface area contributed by atoms with Crippen molar-refractivity contribution < 1.29 is 15.9 Å². The van der Waals surface area contributed by atoms with Gasteiger partial charge in [-0.1, -0.05) is 37.1 Å². The van der Waals surface area contributed by atoms with Gasteiger partial charge in [0.1, 0.15) is 0 Å². The van der Waals surface area contributed by atoms with Crippen LogP contribution in [-0.2, 0) is 15.9 Å². The van der Waals surface area contributed by atoms with Crippen molar-refractivity contribution in [3.05, 3.63) is 36.5 Å². The summed E-state index contributed by atoms with van der Waals surface area (Å²) in [5.41, 5.74) is 0. The second-order valence-corrected chi connectivity index (χ2v) is 5.45. The van der Waals surface area contributed by atoms with E-state index in [9.17, 15) is 0 Å². The van der Waals surface area contributed by atoms with E-state index in [1.807, 2.05) is 0 Å². The average Bonchev–Trinajstić information content (AvgIpc) is 2.19. The van der Waals surface area contributed by atoms with E-state index in [1.165, 1.54) is 19.3 Å². The molecule has 1 aliphatic carbocycles. The summed E-state index contributed by atoms with van der Waals surface area (Å²) in [5.74, 6) is 0. The molecular weight excluding hydrogens is 321 g/mol. The van der Waals surface area contributed by atoms with Gasteiger partial charge in [0, 0.05) is 0 Å². The van der Waals surface area contributed by atoms with Gasteiger partial charge < -0.3 is 6.08 Å². The van der Waals surface area contributed by atoms with Crippen LogP contribution >= 0.6 is 19.1 Å². The van der Waals surface area contributed by atoms with E-state index >= 15 is 0 Å². The molecule has 0 saturated heterocycles. The summed E-state index contributed by atoms with van der Waals surface area (Å²) >= 11 is -0.106. The summed E-state index contributed by atoms with van der Waals surface area (Å²) in [4.78, 5) is 0. The Bertz CT molecular complexity index is 147. The molecule has 0 spiro atoms. The number of halogens is 2. The molecule has 0 fully saturated rings. The van der Waals surface area contributed by atoms with Crippen LogP contribution in [0, 0.1) is 6.08 Å². The molecule has 0 aromatic rings. The second-order valence-electron chi connectivity index (χ2n) is 3.09. The Balaban J connectivity index is 0.000000583.